The van der Waals surface area contributed by atoms with Crippen LogP contribution in [-0.2, 0) is 16.6 Å². The van der Waals surface area contributed by atoms with Gasteiger partial charge in [0.25, 0.3) is 0 Å². The second-order valence-electron chi connectivity index (χ2n) is 3.59. The second kappa shape index (κ2) is 4.49. The van der Waals surface area contributed by atoms with Gasteiger partial charge in [0.15, 0.2) is 0 Å². The maximum atomic E-state index is 11.6. The number of rotatable bonds is 2. The van der Waals surface area contributed by atoms with E-state index in [-0.39, 0.29) is 17.5 Å². The van der Waals surface area contributed by atoms with Gasteiger partial charge in [-0.3, -0.25) is 0 Å². The van der Waals surface area contributed by atoms with Gasteiger partial charge in [-0.15, -0.1) is 0 Å². The Balaban J connectivity index is 2.21. The summed E-state index contributed by atoms with van der Waals surface area (Å²) in [4.78, 5) is 3.87. The molecule has 16 heavy (non-hydrogen) atoms. The topological polar surface area (TPSA) is 50.3 Å². The molecule has 0 N–H and O–H groups in total. The molecule has 0 saturated carbocycles. The predicted octanol–water partition coefficient (Wildman–Crippen LogP) is 1.92. The third kappa shape index (κ3) is 2.48. The lowest BCUT2D eigenvalue weighted by Crippen LogP contribution is -2.25. The Kier molecular flexibility index (Phi) is 3.39. The van der Waals surface area contributed by atoms with Crippen molar-refractivity contribution in [1.82, 2.24) is 9.29 Å². The van der Waals surface area contributed by atoms with Crippen LogP contribution in [0.5, 0.6) is 0 Å². The third-order valence-corrected chi connectivity index (χ3v) is 4.88. The van der Waals surface area contributed by atoms with Crippen LogP contribution in [0.1, 0.15) is 12.0 Å². The fraction of sp³-hybridized carbons (Fsp3) is 0.444. The van der Waals surface area contributed by atoms with Crippen molar-refractivity contribution in [3.8, 4) is 0 Å². The van der Waals surface area contributed by atoms with Crippen molar-refractivity contribution >= 4 is 33.2 Å². The van der Waals surface area contributed by atoms with Gasteiger partial charge in [-0.05, 0) is 12.5 Å². The molecule has 7 heteroatoms. The number of hydrogen-bond acceptors (Lipinski definition) is 3. The largest absolute Gasteiger partial charge is 0.224 e. The van der Waals surface area contributed by atoms with Crippen LogP contribution >= 0.6 is 23.2 Å². The minimum absolute atomic E-state index is 0.214. The molecule has 0 atom stereocenters. The monoisotopic (exact) mass is 280 g/mol. The molecule has 0 aromatic carbocycles. The van der Waals surface area contributed by atoms with Crippen LogP contribution in [0, 0.1) is 0 Å². The quantitative estimate of drug-likeness (QED) is 0.778. The number of sulfonamides is 1. The van der Waals surface area contributed by atoms with Gasteiger partial charge >= 0.3 is 0 Å². The van der Waals surface area contributed by atoms with E-state index in [0.717, 1.165) is 0 Å². The Morgan fingerprint density at radius 1 is 1.38 bits per heavy atom. The third-order valence-electron chi connectivity index (χ3n) is 2.44. The van der Waals surface area contributed by atoms with E-state index in [1.54, 1.807) is 12.1 Å². The van der Waals surface area contributed by atoms with Gasteiger partial charge in [-0.25, -0.2) is 13.4 Å². The number of halogens is 2. The Hall–Kier alpha value is -0.360. The maximum Gasteiger partial charge on any atom is 0.214 e. The van der Waals surface area contributed by atoms with Crippen LogP contribution in [-0.4, -0.2) is 30.0 Å². The molecule has 1 aromatic heterocycles. The molecule has 2 heterocycles. The first-order chi connectivity index (χ1) is 7.49. The zero-order valence-electron chi connectivity index (χ0n) is 8.36. The van der Waals surface area contributed by atoms with Crippen molar-refractivity contribution in [2.75, 3.05) is 12.3 Å². The first kappa shape index (κ1) is 12.1. The zero-order chi connectivity index (χ0) is 11.8. The highest BCUT2D eigenvalue weighted by molar-refractivity contribution is 7.89. The van der Waals surface area contributed by atoms with E-state index in [9.17, 15) is 8.42 Å². The van der Waals surface area contributed by atoms with Crippen LogP contribution in [0.4, 0.5) is 0 Å². The molecule has 1 aliphatic rings. The SMILES string of the molecule is O=S1(=O)CCCN1Cc1ccc(Cl)nc1Cl. The van der Waals surface area contributed by atoms with Gasteiger partial charge in [-0.2, -0.15) is 4.31 Å². The minimum atomic E-state index is -3.10. The molecule has 0 spiro atoms. The molecular weight excluding hydrogens is 271 g/mol. The first-order valence-corrected chi connectivity index (χ1v) is 7.14. The lowest BCUT2D eigenvalue weighted by Gasteiger charge is -2.14. The average Bonchev–Trinajstić information content (AvgIpc) is 2.50. The molecule has 0 bridgehead atoms. The molecule has 0 radical (unpaired) electrons. The van der Waals surface area contributed by atoms with E-state index >= 15 is 0 Å². The van der Waals surface area contributed by atoms with Gasteiger partial charge in [0.05, 0.1) is 5.75 Å². The number of hydrogen-bond donors (Lipinski definition) is 0. The van der Waals surface area contributed by atoms with Crippen molar-refractivity contribution in [2.45, 2.75) is 13.0 Å². The first-order valence-electron chi connectivity index (χ1n) is 4.78. The highest BCUT2D eigenvalue weighted by atomic mass is 35.5. The van der Waals surface area contributed by atoms with Crippen molar-refractivity contribution in [3.05, 3.63) is 28.0 Å². The molecule has 0 amide bonds. The summed E-state index contributed by atoms with van der Waals surface area (Å²) in [5.74, 6) is 0.214. The van der Waals surface area contributed by atoms with E-state index in [0.29, 0.717) is 23.7 Å². The highest BCUT2D eigenvalue weighted by Crippen LogP contribution is 2.22. The van der Waals surface area contributed by atoms with Crippen LogP contribution in [0.3, 0.4) is 0 Å². The van der Waals surface area contributed by atoms with Crippen LogP contribution in [0.25, 0.3) is 0 Å². The summed E-state index contributed by atoms with van der Waals surface area (Å²) >= 11 is 11.5. The Bertz CT molecular complexity index is 504. The summed E-state index contributed by atoms with van der Waals surface area (Å²) in [5.41, 5.74) is 0.677. The van der Waals surface area contributed by atoms with Gasteiger partial charge in [0.1, 0.15) is 10.3 Å². The van der Waals surface area contributed by atoms with Gasteiger partial charge in [-0.1, -0.05) is 29.3 Å². The maximum absolute atomic E-state index is 11.6. The summed E-state index contributed by atoms with van der Waals surface area (Å²) in [6, 6.07) is 3.30. The Morgan fingerprint density at radius 2 is 2.12 bits per heavy atom. The summed E-state index contributed by atoms with van der Waals surface area (Å²) in [7, 11) is -3.10. The van der Waals surface area contributed by atoms with Crippen molar-refractivity contribution < 1.29 is 8.42 Å². The summed E-state index contributed by atoms with van der Waals surface area (Å²) in [6.07, 6.45) is 0.668. The highest BCUT2D eigenvalue weighted by Gasteiger charge is 2.28. The van der Waals surface area contributed by atoms with E-state index in [1.807, 2.05) is 0 Å². The second-order valence-corrected chi connectivity index (χ2v) is 6.42. The number of nitrogens with zero attached hydrogens (tertiary/aromatic N) is 2. The van der Waals surface area contributed by atoms with Crippen LogP contribution < -0.4 is 0 Å². The summed E-state index contributed by atoms with van der Waals surface area (Å²) < 4.78 is 24.6. The van der Waals surface area contributed by atoms with E-state index in [4.69, 9.17) is 23.2 Å². The molecule has 1 fully saturated rings. The summed E-state index contributed by atoms with van der Waals surface area (Å²) in [6.45, 7) is 0.812. The Labute approximate surface area is 104 Å². The van der Waals surface area contributed by atoms with Crippen LogP contribution in [0.15, 0.2) is 12.1 Å². The van der Waals surface area contributed by atoms with Crippen molar-refractivity contribution in [2.24, 2.45) is 0 Å². The van der Waals surface area contributed by atoms with Crippen molar-refractivity contribution in [1.29, 1.82) is 0 Å². The molecule has 1 aliphatic heterocycles. The lowest BCUT2D eigenvalue weighted by molar-refractivity contribution is 0.439. The molecule has 1 saturated heterocycles. The molecule has 4 nitrogen and oxygen atoms in total. The summed E-state index contributed by atoms with van der Waals surface area (Å²) in [5, 5.41) is 0.563. The molecule has 2 rings (SSSR count). The number of aromatic nitrogens is 1. The minimum Gasteiger partial charge on any atom is -0.224 e. The Morgan fingerprint density at radius 3 is 2.69 bits per heavy atom. The van der Waals surface area contributed by atoms with E-state index < -0.39 is 10.0 Å². The van der Waals surface area contributed by atoms with Gasteiger partial charge in [0.2, 0.25) is 10.0 Å². The normalized spacial score (nSPS) is 20.1. The van der Waals surface area contributed by atoms with Crippen LogP contribution in [0.2, 0.25) is 10.3 Å². The van der Waals surface area contributed by atoms with Crippen molar-refractivity contribution in [3.63, 3.8) is 0 Å². The standard InChI is InChI=1S/C9H10Cl2N2O2S/c10-8-3-2-7(9(11)12-8)6-13-4-1-5-16(13,14)15/h2-3H,1,4-6H2. The zero-order valence-corrected chi connectivity index (χ0v) is 10.7. The molecule has 88 valence electrons. The molecule has 0 aliphatic carbocycles. The van der Waals surface area contributed by atoms with E-state index in [1.165, 1.54) is 4.31 Å². The van der Waals surface area contributed by atoms with Gasteiger partial charge in [0, 0.05) is 18.7 Å². The smallest absolute Gasteiger partial charge is 0.214 e. The fourth-order valence-corrected chi connectivity index (χ4v) is 3.52. The molecular formula is C9H10Cl2N2O2S. The van der Waals surface area contributed by atoms with E-state index in [2.05, 4.69) is 4.98 Å². The number of pyridine rings is 1. The molecule has 0 unspecified atom stereocenters. The average molecular weight is 281 g/mol. The van der Waals surface area contributed by atoms with Gasteiger partial charge < -0.3 is 0 Å². The fourth-order valence-electron chi connectivity index (χ4n) is 1.62. The molecule has 1 aromatic rings. The lowest BCUT2D eigenvalue weighted by atomic mass is 10.3. The predicted molar refractivity (Wildman–Crippen MR) is 63.1 cm³/mol.